The van der Waals surface area contributed by atoms with Gasteiger partial charge in [0.15, 0.2) is 0 Å². The molecule has 0 saturated heterocycles. The highest BCUT2D eigenvalue weighted by Crippen LogP contribution is 2.15. The van der Waals surface area contributed by atoms with E-state index in [-0.39, 0.29) is 24.2 Å². The second-order valence-electron chi connectivity index (χ2n) is 5.33. The normalized spacial score (nSPS) is 13.4. The third-order valence-electron chi connectivity index (χ3n) is 3.41. The first-order valence-electron chi connectivity index (χ1n) is 6.51. The van der Waals surface area contributed by atoms with Crippen LogP contribution in [0.25, 0.3) is 0 Å². The van der Waals surface area contributed by atoms with E-state index in [9.17, 15) is 9.18 Å². The second-order valence-corrected chi connectivity index (χ2v) is 5.33. The van der Waals surface area contributed by atoms with E-state index in [0.717, 1.165) is 0 Å². The number of amides is 1. The van der Waals surface area contributed by atoms with Crippen molar-refractivity contribution in [2.24, 2.45) is 5.92 Å². The number of carbonyl (C=O) groups excluding carboxylic acids is 1. The molecule has 0 saturated carbocycles. The van der Waals surface area contributed by atoms with E-state index in [1.165, 1.54) is 6.07 Å². The zero-order valence-electron chi connectivity index (χ0n) is 12.2. The maximum absolute atomic E-state index is 13.4. The summed E-state index contributed by atoms with van der Waals surface area (Å²) in [5.74, 6) is -0.628. The van der Waals surface area contributed by atoms with Crippen molar-refractivity contribution in [1.82, 2.24) is 5.32 Å². The molecule has 0 unspecified atom stereocenters. The van der Waals surface area contributed by atoms with Gasteiger partial charge in [-0.1, -0.05) is 19.9 Å². The predicted molar refractivity (Wildman–Crippen MR) is 76.6 cm³/mol. The van der Waals surface area contributed by atoms with Crippen LogP contribution in [0, 0.1) is 30.0 Å². The van der Waals surface area contributed by atoms with Gasteiger partial charge in [0.05, 0.1) is 12.6 Å². The first-order valence-corrected chi connectivity index (χ1v) is 6.51. The van der Waals surface area contributed by atoms with E-state index in [4.69, 9.17) is 5.26 Å². The number of nitriles is 1. The lowest BCUT2D eigenvalue weighted by atomic mass is 9.90. The molecule has 0 heterocycles. The van der Waals surface area contributed by atoms with Gasteiger partial charge >= 0.3 is 0 Å². The summed E-state index contributed by atoms with van der Waals surface area (Å²) in [6.07, 6.45) is 0. The quantitative estimate of drug-likeness (QED) is 0.869. The van der Waals surface area contributed by atoms with Crippen molar-refractivity contribution in [2.45, 2.75) is 33.2 Å². The first-order chi connectivity index (χ1) is 9.28. The Bertz CT molecular complexity index is 536. The molecule has 0 bridgehead atoms. The molecule has 108 valence electrons. The van der Waals surface area contributed by atoms with Crippen LogP contribution in [0.5, 0.6) is 0 Å². The fourth-order valence-corrected chi connectivity index (χ4v) is 1.52. The number of nitrogens with one attached hydrogen (secondary N) is 2. The van der Waals surface area contributed by atoms with Crippen molar-refractivity contribution in [3.63, 3.8) is 0 Å². The molecule has 1 rings (SSSR count). The van der Waals surface area contributed by atoms with Crippen molar-refractivity contribution in [3.05, 3.63) is 29.6 Å². The number of halogens is 1. The summed E-state index contributed by atoms with van der Waals surface area (Å²) in [4.78, 5) is 11.8. The van der Waals surface area contributed by atoms with Crippen LogP contribution in [0.1, 0.15) is 26.3 Å². The molecule has 4 nitrogen and oxygen atoms in total. The topological polar surface area (TPSA) is 64.9 Å². The Morgan fingerprint density at radius 1 is 1.50 bits per heavy atom. The fraction of sp³-hybridized carbons (Fsp3) is 0.467. The standard InChI is InChI=1S/C15H20FN3O/c1-10(2)15(4,9-17)19-14(20)8-18-12-6-5-11(3)13(16)7-12/h5-7,10,18H,8H2,1-4H3,(H,19,20)/t15-/m0/s1. The zero-order chi connectivity index (χ0) is 15.3. The monoisotopic (exact) mass is 277 g/mol. The minimum Gasteiger partial charge on any atom is -0.376 e. The van der Waals surface area contributed by atoms with Gasteiger partial charge < -0.3 is 10.6 Å². The van der Waals surface area contributed by atoms with E-state index < -0.39 is 5.54 Å². The smallest absolute Gasteiger partial charge is 0.240 e. The third kappa shape index (κ3) is 3.95. The van der Waals surface area contributed by atoms with Crippen LogP contribution in [0.3, 0.4) is 0 Å². The largest absolute Gasteiger partial charge is 0.376 e. The lowest BCUT2D eigenvalue weighted by molar-refractivity contribution is -0.121. The van der Waals surface area contributed by atoms with Crippen molar-refractivity contribution in [3.8, 4) is 6.07 Å². The Morgan fingerprint density at radius 3 is 2.65 bits per heavy atom. The summed E-state index contributed by atoms with van der Waals surface area (Å²) < 4.78 is 13.4. The molecular weight excluding hydrogens is 257 g/mol. The van der Waals surface area contributed by atoms with Gasteiger partial charge in [-0.2, -0.15) is 5.26 Å². The Hall–Kier alpha value is -2.09. The molecule has 2 N–H and O–H groups in total. The van der Waals surface area contributed by atoms with Crippen LogP contribution in [0.2, 0.25) is 0 Å². The molecule has 1 aromatic rings. The summed E-state index contributed by atoms with van der Waals surface area (Å²) in [6, 6.07) is 6.79. The van der Waals surface area contributed by atoms with Gasteiger partial charge in [0, 0.05) is 5.69 Å². The number of anilines is 1. The average Bonchev–Trinajstić information content (AvgIpc) is 2.39. The molecule has 1 amide bonds. The van der Waals surface area contributed by atoms with Gasteiger partial charge in [-0.25, -0.2) is 4.39 Å². The highest BCUT2D eigenvalue weighted by Gasteiger charge is 2.29. The average molecular weight is 277 g/mol. The third-order valence-corrected chi connectivity index (χ3v) is 3.41. The minimum absolute atomic E-state index is 0.00623. The van der Waals surface area contributed by atoms with Crippen LogP contribution in [-0.4, -0.2) is 18.0 Å². The Kier molecular flexibility index (Phi) is 5.09. The van der Waals surface area contributed by atoms with Crippen LogP contribution < -0.4 is 10.6 Å². The molecule has 0 fully saturated rings. The summed E-state index contributed by atoms with van der Waals surface area (Å²) in [7, 11) is 0. The number of rotatable bonds is 5. The molecular formula is C15H20FN3O. The number of carbonyl (C=O) groups is 1. The van der Waals surface area contributed by atoms with Gasteiger partial charge in [-0.15, -0.1) is 0 Å². The number of aryl methyl sites for hydroxylation is 1. The second kappa shape index (κ2) is 6.38. The van der Waals surface area contributed by atoms with Gasteiger partial charge in [-0.05, 0) is 37.5 Å². The summed E-state index contributed by atoms with van der Waals surface area (Å²) in [5.41, 5.74) is 0.181. The van der Waals surface area contributed by atoms with Crippen LogP contribution in [0.15, 0.2) is 18.2 Å². The van der Waals surface area contributed by atoms with E-state index in [0.29, 0.717) is 11.3 Å². The summed E-state index contributed by atoms with van der Waals surface area (Å²) >= 11 is 0. The summed E-state index contributed by atoms with van der Waals surface area (Å²) in [5, 5.41) is 14.6. The molecule has 1 atom stereocenters. The molecule has 0 radical (unpaired) electrons. The molecule has 0 aromatic heterocycles. The minimum atomic E-state index is -0.905. The summed E-state index contributed by atoms with van der Waals surface area (Å²) in [6.45, 7) is 7.08. The van der Waals surface area contributed by atoms with Gasteiger partial charge in [0.1, 0.15) is 11.4 Å². The molecule has 5 heteroatoms. The Morgan fingerprint density at radius 2 is 2.15 bits per heavy atom. The van der Waals surface area contributed by atoms with E-state index >= 15 is 0 Å². The molecule has 0 spiro atoms. The van der Waals surface area contributed by atoms with Crippen LogP contribution >= 0.6 is 0 Å². The maximum Gasteiger partial charge on any atom is 0.240 e. The molecule has 0 aliphatic rings. The van der Waals surface area contributed by atoms with Crippen molar-refractivity contribution in [1.29, 1.82) is 5.26 Å². The predicted octanol–water partition coefficient (Wildman–Crippen LogP) is 2.60. The van der Waals surface area contributed by atoms with Gasteiger partial charge in [0.2, 0.25) is 5.91 Å². The van der Waals surface area contributed by atoms with Gasteiger partial charge in [0.25, 0.3) is 0 Å². The lowest BCUT2D eigenvalue weighted by Crippen LogP contribution is -2.50. The van der Waals surface area contributed by atoms with E-state index in [1.54, 1.807) is 26.0 Å². The zero-order valence-corrected chi connectivity index (χ0v) is 12.2. The maximum atomic E-state index is 13.4. The van der Waals surface area contributed by atoms with E-state index in [2.05, 4.69) is 16.7 Å². The van der Waals surface area contributed by atoms with Gasteiger partial charge in [-0.3, -0.25) is 4.79 Å². The SMILES string of the molecule is Cc1ccc(NCC(=O)N[C@@](C)(C#N)C(C)C)cc1F. The fourth-order valence-electron chi connectivity index (χ4n) is 1.52. The highest BCUT2D eigenvalue weighted by atomic mass is 19.1. The van der Waals surface area contributed by atoms with Crippen molar-refractivity contribution < 1.29 is 9.18 Å². The lowest BCUT2D eigenvalue weighted by Gasteiger charge is -2.27. The first kappa shape index (κ1) is 16.0. The number of benzene rings is 1. The molecule has 20 heavy (non-hydrogen) atoms. The molecule has 0 aliphatic carbocycles. The number of nitrogens with zero attached hydrogens (tertiary/aromatic N) is 1. The van der Waals surface area contributed by atoms with Crippen molar-refractivity contribution in [2.75, 3.05) is 11.9 Å². The number of hydrogen-bond donors (Lipinski definition) is 2. The highest BCUT2D eigenvalue weighted by molar-refractivity contribution is 5.81. The Labute approximate surface area is 119 Å². The molecule has 1 aromatic carbocycles. The van der Waals surface area contributed by atoms with E-state index in [1.807, 2.05) is 13.8 Å². The number of hydrogen-bond acceptors (Lipinski definition) is 3. The molecule has 0 aliphatic heterocycles. The van der Waals surface area contributed by atoms with Crippen LogP contribution in [-0.2, 0) is 4.79 Å². The van der Waals surface area contributed by atoms with Crippen molar-refractivity contribution >= 4 is 11.6 Å². The van der Waals surface area contributed by atoms with Crippen LogP contribution in [0.4, 0.5) is 10.1 Å². The Balaban J connectivity index is 2.60.